The molecule has 0 aliphatic rings. The van der Waals surface area contributed by atoms with Gasteiger partial charge in [0, 0.05) is 17.8 Å². The Morgan fingerprint density at radius 3 is 2.83 bits per heavy atom. The summed E-state index contributed by atoms with van der Waals surface area (Å²) in [5.74, 6) is 0.426. The molecule has 102 valence electrons. The molecule has 0 aliphatic heterocycles. The van der Waals surface area contributed by atoms with E-state index in [2.05, 4.69) is 19.2 Å². The minimum Gasteiger partial charge on any atom is -0.388 e. The van der Waals surface area contributed by atoms with Gasteiger partial charge < -0.3 is 10.4 Å². The first-order chi connectivity index (χ1) is 8.39. The van der Waals surface area contributed by atoms with E-state index in [1.807, 2.05) is 17.5 Å². The first-order valence-corrected chi connectivity index (χ1v) is 7.28. The lowest BCUT2D eigenvalue weighted by Crippen LogP contribution is -2.41. The van der Waals surface area contributed by atoms with Crippen molar-refractivity contribution in [1.29, 1.82) is 0 Å². The molecule has 2 N–H and O–H groups in total. The highest BCUT2D eigenvalue weighted by Crippen LogP contribution is 2.15. The topological polar surface area (TPSA) is 49.3 Å². The second kappa shape index (κ2) is 6.90. The van der Waals surface area contributed by atoms with E-state index < -0.39 is 5.60 Å². The van der Waals surface area contributed by atoms with E-state index in [9.17, 15) is 9.90 Å². The molecule has 0 fully saturated rings. The molecular weight excluding hydrogens is 246 g/mol. The van der Waals surface area contributed by atoms with Crippen molar-refractivity contribution in [1.82, 2.24) is 5.32 Å². The van der Waals surface area contributed by atoms with Gasteiger partial charge in [0.1, 0.15) is 0 Å². The van der Waals surface area contributed by atoms with Gasteiger partial charge in [0.25, 0.3) is 0 Å². The fraction of sp³-hybridized carbons (Fsp3) is 0.643. The minimum atomic E-state index is -0.813. The Labute approximate surface area is 113 Å². The lowest BCUT2D eigenvalue weighted by atomic mass is 9.94. The molecule has 1 aromatic heterocycles. The maximum absolute atomic E-state index is 11.7. The van der Waals surface area contributed by atoms with Crippen LogP contribution in [0.5, 0.6) is 0 Å². The Hall–Kier alpha value is -0.870. The highest BCUT2D eigenvalue weighted by molar-refractivity contribution is 7.09. The monoisotopic (exact) mass is 269 g/mol. The van der Waals surface area contributed by atoms with Crippen LogP contribution in [0.25, 0.3) is 0 Å². The number of amides is 1. The number of hydrogen-bond donors (Lipinski definition) is 2. The van der Waals surface area contributed by atoms with Crippen LogP contribution in [-0.2, 0) is 11.2 Å². The first kappa shape index (κ1) is 15.2. The van der Waals surface area contributed by atoms with E-state index in [-0.39, 0.29) is 5.91 Å². The zero-order chi connectivity index (χ0) is 13.6. The third-order valence-corrected chi connectivity index (χ3v) is 3.63. The summed E-state index contributed by atoms with van der Waals surface area (Å²) in [7, 11) is 0. The van der Waals surface area contributed by atoms with E-state index in [0.29, 0.717) is 25.3 Å². The van der Waals surface area contributed by atoms with Gasteiger partial charge in [0.15, 0.2) is 0 Å². The van der Waals surface area contributed by atoms with Crippen LogP contribution in [0, 0.1) is 5.92 Å². The molecule has 18 heavy (non-hydrogen) atoms. The van der Waals surface area contributed by atoms with Crippen molar-refractivity contribution >= 4 is 17.2 Å². The smallest absolute Gasteiger partial charge is 0.220 e. The summed E-state index contributed by atoms with van der Waals surface area (Å²) in [6.07, 6.45) is 1.95. The second-order valence-electron chi connectivity index (χ2n) is 5.45. The highest BCUT2D eigenvalue weighted by Gasteiger charge is 2.22. The predicted molar refractivity (Wildman–Crippen MR) is 75.7 cm³/mol. The molecule has 3 nitrogen and oxygen atoms in total. The van der Waals surface area contributed by atoms with Crippen molar-refractivity contribution in [2.75, 3.05) is 6.54 Å². The largest absolute Gasteiger partial charge is 0.388 e. The van der Waals surface area contributed by atoms with Crippen molar-refractivity contribution in [3.05, 3.63) is 22.4 Å². The normalized spacial score (nSPS) is 14.5. The molecule has 4 heteroatoms. The van der Waals surface area contributed by atoms with Gasteiger partial charge >= 0.3 is 0 Å². The van der Waals surface area contributed by atoms with E-state index in [0.717, 1.165) is 6.42 Å². The van der Waals surface area contributed by atoms with Gasteiger partial charge in [-0.3, -0.25) is 4.79 Å². The highest BCUT2D eigenvalue weighted by atomic mass is 32.1. The van der Waals surface area contributed by atoms with Gasteiger partial charge in [0.2, 0.25) is 5.91 Å². The standard InChI is InChI=1S/C14H23NO2S/c1-11(2)9-14(3,17)10-15-13(16)7-6-12-5-4-8-18-12/h4-5,8,11,17H,6-7,9-10H2,1-3H3,(H,15,16). The first-order valence-electron chi connectivity index (χ1n) is 6.40. The number of rotatable bonds is 7. The lowest BCUT2D eigenvalue weighted by molar-refractivity contribution is -0.122. The molecule has 1 aromatic rings. The summed E-state index contributed by atoms with van der Waals surface area (Å²) in [5, 5.41) is 14.9. The van der Waals surface area contributed by atoms with Crippen LogP contribution in [0.2, 0.25) is 0 Å². The number of carbonyl (C=O) groups excluding carboxylic acids is 1. The van der Waals surface area contributed by atoms with Gasteiger partial charge in [-0.25, -0.2) is 0 Å². The van der Waals surface area contributed by atoms with Crippen LogP contribution in [0.3, 0.4) is 0 Å². The molecule has 1 atom stereocenters. The quantitative estimate of drug-likeness (QED) is 0.799. The molecule has 1 unspecified atom stereocenters. The molecule has 0 radical (unpaired) electrons. The Balaban J connectivity index is 2.24. The van der Waals surface area contributed by atoms with Crippen LogP contribution in [0.15, 0.2) is 17.5 Å². The van der Waals surface area contributed by atoms with Crippen molar-refractivity contribution in [3.8, 4) is 0 Å². The molecule has 0 aliphatic carbocycles. The molecule has 1 heterocycles. The molecule has 0 saturated heterocycles. The van der Waals surface area contributed by atoms with Gasteiger partial charge in [0.05, 0.1) is 5.60 Å². The third kappa shape index (κ3) is 6.17. The summed E-state index contributed by atoms with van der Waals surface area (Å²) >= 11 is 1.67. The zero-order valence-corrected chi connectivity index (χ0v) is 12.2. The second-order valence-corrected chi connectivity index (χ2v) is 6.48. The van der Waals surface area contributed by atoms with Gasteiger partial charge in [-0.1, -0.05) is 19.9 Å². The number of thiophene rings is 1. The molecular formula is C14H23NO2S. The van der Waals surface area contributed by atoms with Crippen LogP contribution in [0.1, 0.15) is 38.5 Å². The van der Waals surface area contributed by atoms with Crippen LogP contribution in [0.4, 0.5) is 0 Å². The summed E-state index contributed by atoms with van der Waals surface area (Å²) in [5.41, 5.74) is -0.813. The molecule has 0 spiro atoms. The lowest BCUT2D eigenvalue weighted by Gasteiger charge is -2.25. The Morgan fingerprint density at radius 1 is 1.56 bits per heavy atom. The fourth-order valence-corrected chi connectivity index (χ4v) is 2.73. The van der Waals surface area contributed by atoms with Crippen LogP contribution >= 0.6 is 11.3 Å². The van der Waals surface area contributed by atoms with E-state index in [1.54, 1.807) is 18.3 Å². The molecule has 1 amide bonds. The average Bonchev–Trinajstić information content (AvgIpc) is 2.74. The molecule has 0 bridgehead atoms. The van der Waals surface area contributed by atoms with E-state index in [4.69, 9.17) is 0 Å². The fourth-order valence-electron chi connectivity index (χ4n) is 2.02. The van der Waals surface area contributed by atoms with Gasteiger partial charge in [-0.15, -0.1) is 11.3 Å². The number of aliphatic hydroxyl groups is 1. The van der Waals surface area contributed by atoms with Crippen molar-refractivity contribution in [2.24, 2.45) is 5.92 Å². The molecule has 0 saturated carbocycles. The van der Waals surface area contributed by atoms with Crippen molar-refractivity contribution < 1.29 is 9.90 Å². The predicted octanol–water partition coefficient (Wildman–Crippen LogP) is 2.59. The SMILES string of the molecule is CC(C)CC(C)(O)CNC(=O)CCc1cccs1. The van der Waals surface area contributed by atoms with Crippen LogP contribution < -0.4 is 5.32 Å². The summed E-state index contributed by atoms with van der Waals surface area (Å²) in [6, 6.07) is 4.03. The zero-order valence-electron chi connectivity index (χ0n) is 11.4. The summed E-state index contributed by atoms with van der Waals surface area (Å²) in [4.78, 5) is 12.9. The maximum Gasteiger partial charge on any atom is 0.220 e. The summed E-state index contributed by atoms with van der Waals surface area (Å²) in [6.45, 7) is 6.22. The number of nitrogens with one attached hydrogen (secondary N) is 1. The van der Waals surface area contributed by atoms with Gasteiger partial charge in [-0.05, 0) is 37.1 Å². The van der Waals surface area contributed by atoms with Gasteiger partial charge in [-0.2, -0.15) is 0 Å². The molecule has 0 aromatic carbocycles. The Kier molecular flexibility index (Phi) is 5.82. The number of hydrogen-bond acceptors (Lipinski definition) is 3. The Morgan fingerprint density at radius 2 is 2.28 bits per heavy atom. The summed E-state index contributed by atoms with van der Waals surface area (Å²) < 4.78 is 0. The van der Waals surface area contributed by atoms with Crippen LogP contribution in [-0.4, -0.2) is 23.2 Å². The Bertz CT molecular complexity index is 358. The van der Waals surface area contributed by atoms with E-state index >= 15 is 0 Å². The number of aryl methyl sites for hydroxylation is 1. The minimum absolute atomic E-state index is 0.00688. The molecule has 1 rings (SSSR count). The third-order valence-electron chi connectivity index (χ3n) is 2.69. The van der Waals surface area contributed by atoms with Crippen molar-refractivity contribution in [3.63, 3.8) is 0 Å². The maximum atomic E-state index is 11.7. The number of carbonyl (C=O) groups is 1. The average molecular weight is 269 g/mol. The van der Waals surface area contributed by atoms with E-state index in [1.165, 1.54) is 4.88 Å². The van der Waals surface area contributed by atoms with Crippen molar-refractivity contribution in [2.45, 2.75) is 45.6 Å².